The van der Waals surface area contributed by atoms with E-state index >= 15 is 17.6 Å². The first-order valence-electron chi connectivity index (χ1n) is 25.1. The third-order valence-electron chi connectivity index (χ3n) is 20.3. The number of halogens is 4. The Bertz CT molecular complexity index is 2740. The lowest BCUT2D eigenvalue weighted by Gasteiger charge is -2.63. The molecule has 1 saturated heterocycles. The van der Waals surface area contributed by atoms with E-state index in [0.29, 0.717) is 0 Å². The molecule has 7 fully saturated rings. The molecule has 2 N–H and O–H groups in total. The van der Waals surface area contributed by atoms with Gasteiger partial charge in [-0.3, -0.25) is 19.2 Å². The molecule has 0 spiro atoms. The number of carbonyl (C=O) groups is 5. The molecule has 9 aliphatic rings. The Morgan fingerprint density at radius 1 is 0.847 bits per heavy atom. The van der Waals surface area contributed by atoms with E-state index in [-0.39, 0.29) is 79.8 Å². The standard InChI is InChI=1S/C54H60F4O12S2/c1-8-42(62)69-54(26(3)17-31-33-21-36(55)34-22-38(60)29(28-11-15-67-43(28)63)23-48(34,5)52(33,58)40(61)24-49(31,54)6)46(72)68-41-19-27(59)18-35-37(56)20-32-30-16-25(2)53(45(65)71,70-44(64)39-10-9-14-66-39)47(30,4)12-13-51(32,57)50(35,41)7/h9-10,14,18-19,22-23,25-26,28,30-33,36-37,40,61H,8,11-13,15-17,20-21,24H2,1-7H3,(H,65,71)/t25?,26?,28-,30-,31?,32-,33?,36?,37?,40?,47-,48-,49-,50+,51?,52+,53?,54?/m0/s1. The number of esters is 3. The van der Waals surface area contributed by atoms with Gasteiger partial charge in [0.25, 0.3) is 0 Å². The fourth-order valence-electron chi connectivity index (χ4n) is 16.8. The zero-order valence-electron chi connectivity index (χ0n) is 41.2. The number of allylic oxidation sites excluding steroid dienone is 6. The lowest BCUT2D eigenvalue weighted by molar-refractivity contribution is -0.222. The summed E-state index contributed by atoms with van der Waals surface area (Å²) in [5.74, 6) is -10.7. The summed E-state index contributed by atoms with van der Waals surface area (Å²) in [6.45, 7) is 11.3. The average molecular weight is 1040 g/mol. The van der Waals surface area contributed by atoms with E-state index in [2.05, 4.69) is 0 Å². The molecular weight excluding hydrogens is 981 g/mol. The molecule has 1 aliphatic heterocycles. The predicted octanol–water partition coefficient (Wildman–Crippen LogP) is 9.52. The maximum absolute atomic E-state index is 19.3. The van der Waals surface area contributed by atoms with Crippen molar-refractivity contribution in [2.45, 2.75) is 147 Å². The van der Waals surface area contributed by atoms with Crippen molar-refractivity contribution in [1.29, 1.82) is 0 Å². The molecule has 10 unspecified atom stereocenters. The number of ether oxygens (including phenoxy) is 4. The van der Waals surface area contributed by atoms with Crippen LogP contribution in [0.15, 0.2) is 69.6 Å². The fraction of sp³-hybridized carbons (Fsp3) is 0.648. The second-order valence-corrected chi connectivity index (χ2v) is 23.8. The van der Waals surface area contributed by atoms with Gasteiger partial charge in [0.05, 0.1) is 30.3 Å². The Labute approximate surface area is 425 Å². The summed E-state index contributed by atoms with van der Waals surface area (Å²) in [6.07, 6.45) is -1.34. The van der Waals surface area contributed by atoms with Crippen LogP contribution in [0.5, 0.6) is 0 Å². The number of hydrogen-bond acceptors (Lipinski definition) is 13. The Hall–Kier alpha value is -4.55. The van der Waals surface area contributed by atoms with Crippen molar-refractivity contribution in [3.8, 4) is 0 Å². The van der Waals surface area contributed by atoms with Gasteiger partial charge < -0.3 is 33.6 Å². The maximum atomic E-state index is 19.3. The van der Waals surface area contributed by atoms with E-state index < -0.39 is 156 Å². The SMILES string of the molecule is CCC(=O)OC1(C(=S)OC2=CC(=O)C=C3C(F)C[C@H]4[C@@H]5CC(C)C(OC(=O)c6ccco6)(C(O)=S)[C@@]5(C)CCC4(F)[C@@]23C)C(C)CC2C3CC(F)C4=CC(=O)C([C@@H]5CCOC5=O)=C[C@]4(C)[C@]3(F)C(O)C[C@@]21C. The number of hydrogen-bond donors (Lipinski definition) is 2. The Morgan fingerprint density at radius 2 is 1.50 bits per heavy atom. The summed E-state index contributed by atoms with van der Waals surface area (Å²) in [4.78, 5) is 67.4. The topological polar surface area (TPSA) is 176 Å². The zero-order chi connectivity index (χ0) is 52.3. The van der Waals surface area contributed by atoms with E-state index in [0.717, 1.165) is 18.2 Å². The van der Waals surface area contributed by atoms with Crippen LogP contribution in [-0.4, -0.2) is 97.4 Å². The molecule has 0 radical (unpaired) electrons. The average Bonchev–Trinajstić information content (AvgIpc) is 4.10. The first-order chi connectivity index (χ1) is 33.7. The molecule has 6 saturated carbocycles. The normalized spacial score (nSPS) is 46.9. The van der Waals surface area contributed by atoms with E-state index in [1.807, 2.05) is 0 Å². The van der Waals surface area contributed by atoms with E-state index in [4.69, 9.17) is 47.8 Å². The minimum absolute atomic E-state index is 0.0345. The van der Waals surface area contributed by atoms with Gasteiger partial charge in [-0.05, 0) is 137 Å². The van der Waals surface area contributed by atoms with Crippen LogP contribution < -0.4 is 0 Å². The van der Waals surface area contributed by atoms with E-state index in [1.54, 1.807) is 34.6 Å². The summed E-state index contributed by atoms with van der Waals surface area (Å²) in [5.41, 5.74) is -15.9. The van der Waals surface area contributed by atoms with Gasteiger partial charge in [0.1, 0.15) is 23.8 Å². The molecular formula is C54H60F4O12S2. The molecule has 1 aromatic heterocycles. The number of fused-ring (bicyclic) bond motifs is 10. The molecule has 12 nitrogen and oxygen atoms in total. The van der Waals surface area contributed by atoms with Crippen LogP contribution in [0.1, 0.15) is 117 Å². The second kappa shape index (κ2) is 16.5. The third kappa shape index (κ3) is 6.20. The Morgan fingerprint density at radius 3 is 2.12 bits per heavy atom. The molecule has 18 heteroatoms. The number of furan rings is 1. The molecule has 10 rings (SSSR count). The van der Waals surface area contributed by atoms with Crippen LogP contribution in [0.3, 0.4) is 0 Å². The Balaban J connectivity index is 1.03. The van der Waals surface area contributed by atoms with Crippen molar-refractivity contribution in [2.24, 2.45) is 63.1 Å². The van der Waals surface area contributed by atoms with Crippen LogP contribution >= 0.6 is 24.4 Å². The second-order valence-electron chi connectivity index (χ2n) is 23.1. The summed E-state index contributed by atoms with van der Waals surface area (Å²) in [6, 6.07) is 2.89. The summed E-state index contributed by atoms with van der Waals surface area (Å²) in [5, 5.41) is 22.8. The highest BCUT2D eigenvalue weighted by molar-refractivity contribution is 7.80. The van der Waals surface area contributed by atoms with Crippen molar-refractivity contribution in [1.82, 2.24) is 0 Å². The quantitative estimate of drug-likeness (QED) is 0.109. The van der Waals surface area contributed by atoms with Crippen LogP contribution in [0.2, 0.25) is 0 Å². The van der Waals surface area contributed by atoms with Crippen LogP contribution in [0, 0.1) is 63.1 Å². The van der Waals surface area contributed by atoms with Gasteiger partial charge in [-0.25, -0.2) is 22.4 Å². The third-order valence-corrected chi connectivity index (χ3v) is 21.0. The van der Waals surface area contributed by atoms with Gasteiger partial charge in [-0.15, -0.1) is 0 Å². The number of aliphatic hydroxyl groups excluding tert-OH is 2. The van der Waals surface area contributed by atoms with Crippen LogP contribution in [0.25, 0.3) is 0 Å². The molecule has 2 heterocycles. The lowest BCUT2D eigenvalue weighted by atomic mass is 9.44. The monoisotopic (exact) mass is 1040 g/mol. The molecule has 72 heavy (non-hydrogen) atoms. The molecule has 8 aliphatic carbocycles. The van der Waals surface area contributed by atoms with Gasteiger partial charge in [0, 0.05) is 58.0 Å². The van der Waals surface area contributed by atoms with Crippen molar-refractivity contribution >= 4 is 64.0 Å². The number of thiocarbonyl (C=S) groups is 2. The minimum atomic E-state index is -2.63. The van der Waals surface area contributed by atoms with Gasteiger partial charge >= 0.3 is 17.9 Å². The minimum Gasteiger partial charge on any atom is -0.499 e. The lowest BCUT2D eigenvalue weighted by Crippen LogP contribution is -2.71. The predicted molar refractivity (Wildman–Crippen MR) is 257 cm³/mol. The van der Waals surface area contributed by atoms with E-state index in [1.165, 1.54) is 38.3 Å². The molecule has 1 aromatic rings. The number of alkyl halides is 4. The number of aliphatic hydroxyl groups is 2. The number of ketones is 2. The van der Waals surface area contributed by atoms with Crippen molar-refractivity contribution in [2.75, 3.05) is 6.61 Å². The summed E-state index contributed by atoms with van der Waals surface area (Å²) >= 11 is 11.7. The van der Waals surface area contributed by atoms with Gasteiger partial charge in [-0.1, -0.05) is 40.7 Å². The van der Waals surface area contributed by atoms with Crippen molar-refractivity contribution in [3.05, 3.63) is 70.9 Å². The van der Waals surface area contributed by atoms with Crippen molar-refractivity contribution in [3.63, 3.8) is 0 Å². The number of rotatable bonds is 8. The fourth-order valence-corrected chi connectivity index (χ4v) is 17.8. The summed E-state index contributed by atoms with van der Waals surface area (Å²) < 4.78 is 102. The van der Waals surface area contributed by atoms with Crippen molar-refractivity contribution < 1.29 is 75.1 Å². The smallest absolute Gasteiger partial charge is 0.375 e. The first-order valence-corrected chi connectivity index (χ1v) is 25.9. The van der Waals surface area contributed by atoms with Gasteiger partial charge in [0.15, 0.2) is 28.4 Å². The first kappa shape index (κ1) is 51.0. The Kier molecular flexibility index (Phi) is 11.7. The van der Waals surface area contributed by atoms with Gasteiger partial charge in [0.2, 0.25) is 15.9 Å². The van der Waals surface area contributed by atoms with Crippen LogP contribution in [0.4, 0.5) is 17.6 Å². The molecule has 0 amide bonds. The molecule has 0 aromatic carbocycles. The highest BCUT2D eigenvalue weighted by Gasteiger charge is 2.80. The molecule has 18 atom stereocenters. The van der Waals surface area contributed by atoms with Gasteiger partial charge in [-0.2, -0.15) is 0 Å². The highest BCUT2D eigenvalue weighted by atomic mass is 32.1. The number of carbonyl (C=O) groups excluding carboxylic acids is 5. The largest absolute Gasteiger partial charge is 0.499 e. The maximum Gasteiger partial charge on any atom is 0.375 e. The zero-order valence-corrected chi connectivity index (χ0v) is 42.8. The highest BCUT2D eigenvalue weighted by Crippen LogP contribution is 2.75. The number of cyclic esters (lactones) is 1. The van der Waals surface area contributed by atoms with Crippen LogP contribution in [-0.2, 0) is 38.1 Å². The summed E-state index contributed by atoms with van der Waals surface area (Å²) in [7, 11) is 0. The molecule has 388 valence electrons. The van der Waals surface area contributed by atoms with E-state index in [9.17, 15) is 34.2 Å². The molecule has 0 bridgehead atoms.